The van der Waals surface area contributed by atoms with E-state index < -0.39 is 0 Å². The van der Waals surface area contributed by atoms with Crippen LogP contribution in [0.15, 0.2) is 22.8 Å². The first kappa shape index (κ1) is 8.62. The van der Waals surface area contributed by atoms with Gasteiger partial charge in [-0.2, -0.15) is 0 Å². The van der Waals surface area contributed by atoms with Gasteiger partial charge < -0.3 is 9.73 Å². The Kier molecular flexibility index (Phi) is 4.09. The van der Waals surface area contributed by atoms with Crippen LogP contribution in [-0.4, -0.2) is 12.4 Å². The van der Waals surface area contributed by atoms with Crippen molar-refractivity contribution < 1.29 is 4.42 Å². The minimum Gasteiger partial charge on any atom is -0.468 e. The van der Waals surface area contributed by atoms with Crippen molar-refractivity contribution in [3.8, 4) is 0 Å². The van der Waals surface area contributed by atoms with Crippen molar-refractivity contribution in [2.45, 2.75) is 13.0 Å². The van der Waals surface area contributed by atoms with Gasteiger partial charge in [-0.05, 0) is 25.1 Å². The Bertz CT molecular complexity index is 174. The molecular weight excluding hydrogens is 162 g/mol. The largest absolute Gasteiger partial charge is 0.468 e. The molecule has 0 aliphatic rings. The summed E-state index contributed by atoms with van der Waals surface area (Å²) in [4.78, 5) is 0. The molecule has 1 N–H and O–H groups in total. The predicted octanol–water partition coefficient (Wildman–Crippen LogP) is 2.00. The van der Waals surface area contributed by atoms with Crippen LogP contribution in [0, 0.1) is 0 Å². The van der Waals surface area contributed by atoms with E-state index in [-0.39, 0.29) is 0 Å². The van der Waals surface area contributed by atoms with Gasteiger partial charge in [0.25, 0.3) is 0 Å². The molecule has 0 aliphatic heterocycles. The number of halogens is 1. The minimum atomic E-state index is 0.713. The van der Waals surface area contributed by atoms with Gasteiger partial charge in [-0.1, -0.05) is 0 Å². The van der Waals surface area contributed by atoms with Gasteiger partial charge in [0.1, 0.15) is 5.76 Å². The summed E-state index contributed by atoms with van der Waals surface area (Å²) >= 11 is 5.50. The van der Waals surface area contributed by atoms with Crippen molar-refractivity contribution in [2.24, 2.45) is 0 Å². The van der Waals surface area contributed by atoms with Gasteiger partial charge in [0, 0.05) is 5.88 Å². The van der Waals surface area contributed by atoms with Crippen LogP contribution in [0.1, 0.15) is 12.2 Å². The van der Waals surface area contributed by atoms with Gasteiger partial charge >= 0.3 is 0 Å². The number of rotatable bonds is 5. The molecule has 0 saturated heterocycles. The fourth-order valence-corrected chi connectivity index (χ4v) is 0.950. The highest BCUT2D eigenvalue weighted by atomic mass is 35.5. The first-order valence-electron chi connectivity index (χ1n) is 3.72. The van der Waals surface area contributed by atoms with Gasteiger partial charge in [-0.15, -0.1) is 11.6 Å². The molecule has 0 spiro atoms. The number of hydrogen-bond acceptors (Lipinski definition) is 2. The molecule has 3 heteroatoms. The lowest BCUT2D eigenvalue weighted by atomic mass is 10.4. The van der Waals surface area contributed by atoms with Gasteiger partial charge in [0.05, 0.1) is 12.8 Å². The van der Waals surface area contributed by atoms with Crippen LogP contribution in [0.3, 0.4) is 0 Å². The quantitative estimate of drug-likeness (QED) is 0.544. The maximum absolute atomic E-state index is 5.50. The van der Waals surface area contributed by atoms with Crippen LogP contribution in [0.4, 0.5) is 0 Å². The summed E-state index contributed by atoms with van der Waals surface area (Å²) in [5.74, 6) is 1.69. The molecule has 0 unspecified atom stereocenters. The zero-order valence-corrected chi connectivity index (χ0v) is 7.10. The first-order chi connectivity index (χ1) is 5.43. The molecule has 0 bridgehead atoms. The molecule has 0 radical (unpaired) electrons. The highest BCUT2D eigenvalue weighted by Gasteiger charge is 1.92. The Morgan fingerprint density at radius 3 is 3.09 bits per heavy atom. The molecule has 0 saturated carbocycles. The van der Waals surface area contributed by atoms with E-state index in [1.165, 1.54) is 0 Å². The average Bonchev–Trinajstić information content (AvgIpc) is 2.50. The zero-order chi connectivity index (χ0) is 7.94. The second-order valence-corrected chi connectivity index (χ2v) is 2.68. The third-order valence-corrected chi connectivity index (χ3v) is 1.63. The molecule has 2 nitrogen and oxygen atoms in total. The molecule has 0 aromatic carbocycles. The standard InChI is InChI=1S/C8H12ClNO/c9-4-2-5-10-7-8-3-1-6-11-8/h1,3,6,10H,2,4-5,7H2. The third kappa shape index (κ3) is 3.44. The van der Waals surface area contributed by atoms with Crippen LogP contribution in [-0.2, 0) is 6.54 Å². The lowest BCUT2D eigenvalue weighted by Crippen LogP contribution is -2.14. The van der Waals surface area contributed by atoms with Crippen molar-refractivity contribution in [1.29, 1.82) is 0 Å². The summed E-state index contributed by atoms with van der Waals surface area (Å²) < 4.78 is 5.12. The van der Waals surface area contributed by atoms with Crippen molar-refractivity contribution in [2.75, 3.05) is 12.4 Å². The molecule has 1 heterocycles. The van der Waals surface area contributed by atoms with Gasteiger partial charge in [-0.3, -0.25) is 0 Å². The minimum absolute atomic E-state index is 0.713. The molecule has 0 atom stereocenters. The van der Waals surface area contributed by atoms with Gasteiger partial charge in [-0.25, -0.2) is 0 Å². The van der Waals surface area contributed by atoms with E-state index in [1.54, 1.807) is 6.26 Å². The van der Waals surface area contributed by atoms with Crippen molar-refractivity contribution in [3.63, 3.8) is 0 Å². The summed E-state index contributed by atoms with van der Waals surface area (Å²) in [5, 5.41) is 3.21. The monoisotopic (exact) mass is 173 g/mol. The Morgan fingerprint density at radius 2 is 2.45 bits per heavy atom. The Morgan fingerprint density at radius 1 is 1.55 bits per heavy atom. The third-order valence-electron chi connectivity index (χ3n) is 1.37. The van der Waals surface area contributed by atoms with Crippen LogP contribution in [0.25, 0.3) is 0 Å². The lowest BCUT2D eigenvalue weighted by molar-refractivity contribution is 0.483. The maximum Gasteiger partial charge on any atom is 0.117 e. The molecule has 11 heavy (non-hydrogen) atoms. The van der Waals surface area contributed by atoms with Crippen LogP contribution in [0.5, 0.6) is 0 Å². The number of nitrogens with one attached hydrogen (secondary N) is 1. The summed E-state index contributed by atoms with van der Waals surface area (Å²) in [7, 11) is 0. The summed E-state index contributed by atoms with van der Waals surface area (Å²) in [6, 6.07) is 3.84. The topological polar surface area (TPSA) is 25.2 Å². The molecule has 0 fully saturated rings. The fraction of sp³-hybridized carbons (Fsp3) is 0.500. The van der Waals surface area contributed by atoms with Crippen LogP contribution in [0.2, 0.25) is 0 Å². The van der Waals surface area contributed by atoms with E-state index in [0.29, 0.717) is 5.88 Å². The smallest absolute Gasteiger partial charge is 0.117 e. The molecule has 1 rings (SSSR count). The van der Waals surface area contributed by atoms with E-state index in [0.717, 1.165) is 25.3 Å². The van der Waals surface area contributed by atoms with Gasteiger partial charge in [0.2, 0.25) is 0 Å². The predicted molar refractivity (Wildman–Crippen MR) is 45.8 cm³/mol. The maximum atomic E-state index is 5.50. The van der Waals surface area contributed by atoms with Crippen molar-refractivity contribution in [3.05, 3.63) is 24.2 Å². The number of hydrogen-bond donors (Lipinski definition) is 1. The first-order valence-corrected chi connectivity index (χ1v) is 4.26. The highest BCUT2D eigenvalue weighted by molar-refractivity contribution is 6.17. The van der Waals surface area contributed by atoms with Gasteiger partial charge in [0.15, 0.2) is 0 Å². The summed E-state index contributed by atoms with van der Waals surface area (Å²) in [6.07, 6.45) is 2.68. The number of alkyl halides is 1. The van der Waals surface area contributed by atoms with E-state index in [9.17, 15) is 0 Å². The van der Waals surface area contributed by atoms with Crippen LogP contribution >= 0.6 is 11.6 Å². The van der Waals surface area contributed by atoms with E-state index in [4.69, 9.17) is 16.0 Å². The second-order valence-electron chi connectivity index (χ2n) is 2.30. The molecule has 0 aliphatic carbocycles. The Labute approximate surface area is 71.5 Å². The Balaban J connectivity index is 2.04. The zero-order valence-electron chi connectivity index (χ0n) is 6.35. The second kappa shape index (κ2) is 5.22. The van der Waals surface area contributed by atoms with E-state index >= 15 is 0 Å². The van der Waals surface area contributed by atoms with Crippen molar-refractivity contribution >= 4 is 11.6 Å². The van der Waals surface area contributed by atoms with E-state index in [1.807, 2.05) is 12.1 Å². The summed E-state index contributed by atoms with van der Waals surface area (Å²) in [5.41, 5.74) is 0. The lowest BCUT2D eigenvalue weighted by Gasteiger charge is -1.98. The Hall–Kier alpha value is -0.470. The SMILES string of the molecule is ClCCCNCc1ccco1. The molecule has 1 aromatic rings. The molecule has 62 valence electrons. The summed E-state index contributed by atoms with van der Waals surface area (Å²) in [6.45, 7) is 1.74. The van der Waals surface area contributed by atoms with E-state index in [2.05, 4.69) is 5.32 Å². The van der Waals surface area contributed by atoms with Crippen molar-refractivity contribution in [1.82, 2.24) is 5.32 Å². The molecule has 1 aromatic heterocycles. The molecule has 0 amide bonds. The number of furan rings is 1. The normalized spacial score (nSPS) is 10.3. The fourth-order valence-electron chi connectivity index (χ4n) is 0.817. The van der Waals surface area contributed by atoms with Crippen LogP contribution < -0.4 is 5.32 Å². The average molecular weight is 174 g/mol. The molecular formula is C8H12ClNO. The highest BCUT2D eigenvalue weighted by Crippen LogP contribution is 1.98.